The van der Waals surface area contributed by atoms with E-state index >= 15 is 0 Å². The Labute approximate surface area is 211 Å². The summed E-state index contributed by atoms with van der Waals surface area (Å²) >= 11 is 6.49. The van der Waals surface area contributed by atoms with Gasteiger partial charge in [0.15, 0.2) is 0 Å². The summed E-state index contributed by atoms with van der Waals surface area (Å²) in [5.41, 5.74) is 6.62. The molecule has 0 radical (unpaired) electrons. The lowest BCUT2D eigenvalue weighted by Crippen LogP contribution is -2.16. The summed E-state index contributed by atoms with van der Waals surface area (Å²) in [6, 6.07) is 12.3. The Morgan fingerprint density at radius 2 is 1.66 bits per heavy atom. The van der Waals surface area contributed by atoms with Gasteiger partial charge in [-0.1, -0.05) is 60.9 Å². The molecule has 0 aromatic heterocycles. The van der Waals surface area contributed by atoms with Gasteiger partial charge in [-0.2, -0.15) is 0 Å². The molecule has 2 aromatic carbocycles. The van der Waals surface area contributed by atoms with Crippen LogP contribution in [-0.4, -0.2) is 46.2 Å². The summed E-state index contributed by atoms with van der Waals surface area (Å²) in [7, 11) is 0. The van der Waals surface area contributed by atoms with E-state index in [0.717, 1.165) is 54.3 Å². The zero-order valence-electron chi connectivity index (χ0n) is 20.2. The van der Waals surface area contributed by atoms with Crippen LogP contribution in [0.25, 0.3) is 0 Å². The summed E-state index contributed by atoms with van der Waals surface area (Å²) in [5, 5.41) is 36.3. The minimum absolute atomic E-state index is 0.296. The Morgan fingerprint density at radius 1 is 1.03 bits per heavy atom. The topological polar surface area (TPSA) is 131 Å². The van der Waals surface area contributed by atoms with Crippen LogP contribution in [0, 0.1) is 5.92 Å². The Morgan fingerprint density at radius 3 is 2.23 bits per heavy atom. The first-order chi connectivity index (χ1) is 16.7. The summed E-state index contributed by atoms with van der Waals surface area (Å²) in [6.07, 6.45) is 2.19. The molecule has 1 heterocycles. The molecule has 0 bridgehead atoms. The van der Waals surface area contributed by atoms with Gasteiger partial charge in [0.05, 0.1) is 29.3 Å². The minimum Gasteiger partial charge on any atom is -0.481 e. The standard InChI is InChI=1S/C22H28ClN3O.C4H6O4/c1-15(2)13-21(26-27)18-5-3-16(4-6-18)14-25-22-19-10-12-24-11-9-17(19)7-8-20(22)23;5-3(6)1-2-4(7)8/h3-8,15,24-25,27H,9-14H2,1-2H3;1-2H2,(H,5,6)(H,7,8)/b26-21-;. The average molecular weight is 504 g/mol. The van der Waals surface area contributed by atoms with Crippen LogP contribution in [0.3, 0.4) is 0 Å². The van der Waals surface area contributed by atoms with Gasteiger partial charge in [-0.15, -0.1) is 0 Å². The minimum atomic E-state index is -1.08. The number of oxime groups is 1. The average Bonchev–Trinajstić information content (AvgIpc) is 3.07. The monoisotopic (exact) mass is 503 g/mol. The lowest BCUT2D eigenvalue weighted by Gasteiger charge is -2.16. The van der Waals surface area contributed by atoms with Crippen LogP contribution in [-0.2, 0) is 29.0 Å². The number of anilines is 1. The molecule has 0 unspecified atom stereocenters. The van der Waals surface area contributed by atoms with Crippen LogP contribution in [0.1, 0.15) is 55.4 Å². The number of carboxylic acids is 2. The molecule has 0 amide bonds. The highest BCUT2D eigenvalue weighted by Crippen LogP contribution is 2.31. The lowest BCUT2D eigenvalue weighted by molar-refractivity contribution is -0.143. The smallest absolute Gasteiger partial charge is 0.303 e. The number of hydrogen-bond acceptors (Lipinski definition) is 6. The van der Waals surface area contributed by atoms with Crippen molar-refractivity contribution in [3.8, 4) is 0 Å². The summed E-state index contributed by atoms with van der Waals surface area (Å²) in [6.45, 7) is 6.94. The Balaban J connectivity index is 0.000000466. The fourth-order valence-corrected chi connectivity index (χ4v) is 4.00. The van der Waals surface area contributed by atoms with Crippen molar-refractivity contribution < 1.29 is 25.0 Å². The van der Waals surface area contributed by atoms with Crippen molar-refractivity contribution in [2.75, 3.05) is 18.4 Å². The Hall–Kier alpha value is -3.10. The predicted molar refractivity (Wildman–Crippen MR) is 138 cm³/mol. The van der Waals surface area contributed by atoms with E-state index < -0.39 is 11.9 Å². The quantitative estimate of drug-likeness (QED) is 0.189. The zero-order valence-corrected chi connectivity index (χ0v) is 20.9. The Bertz CT molecular complexity index is 1010. The molecule has 3 rings (SSSR count). The third-order valence-corrected chi connectivity index (χ3v) is 5.83. The zero-order chi connectivity index (χ0) is 25.8. The highest BCUT2D eigenvalue weighted by molar-refractivity contribution is 6.33. The molecule has 0 aliphatic carbocycles. The number of halogens is 1. The van der Waals surface area contributed by atoms with Crippen LogP contribution >= 0.6 is 11.6 Å². The van der Waals surface area contributed by atoms with Crippen LogP contribution in [0.2, 0.25) is 5.02 Å². The van der Waals surface area contributed by atoms with E-state index in [2.05, 4.69) is 47.8 Å². The van der Waals surface area contributed by atoms with E-state index in [1.165, 1.54) is 16.7 Å². The second kappa shape index (κ2) is 14.3. The van der Waals surface area contributed by atoms with Crippen LogP contribution < -0.4 is 10.6 Å². The van der Waals surface area contributed by atoms with Crippen molar-refractivity contribution >= 4 is 34.9 Å². The lowest BCUT2D eigenvalue weighted by atomic mass is 9.99. The first kappa shape index (κ1) is 28.1. The van der Waals surface area contributed by atoms with Crippen LogP contribution in [0.15, 0.2) is 41.6 Å². The van der Waals surface area contributed by atoms with Gasteiger partial charge in [-0.05, 0) is 66.6 Å². The van der Waals surface area contributed by atoms with Crippen LogP contribution in [0.4, 0.5) is 5.69 Å². The van der Waals surface area contributed by atoms with Crippen molar-refractivity contribution in [2.45, 2.75) is 52.5 Å². The molecule has 5 N–H and O–H groups in total. The molecule has 0 saturated heterocycles. The molecular formula is C26H34ClN3O5. The van der Waals surface area contributed by atoms with Crippen molar-refractivity contribution in [2.24, 2.45) is 11.1 Å². The third-order valence-electron chi connectivity index (χ3n) is 5.51. The van der Waals surface area contributed by atoms with E-state index in [1.807, 2.05) is 18.2 Å². The Kier molecular flexibility index (Phi) is 11.5. The summed E-state index contributed by atoms with van der Waals surface area (Å²) in [5.74, 6) is -1.71. The molecule has 1 aliphatic heterocycles. The molecule has 8 nitrogen and oxygen atoms in total. The molecule has 1 aliphatic rings. The van der Waals surface area contributed by atoms with Crippen molar-refractivity contribution in [3.05, 3.63) is 63.7 Å². The number of aliphatic carboxylic acids is 2. The highest BCUT2D eigenvalue weighted by Gasteiger charge is 2.15. The number of fused-ring (bicyclic) bond motifs is 1. The van der Waals surface area contributed by atoms with E-state index in [9.17, 15) is 14.8 Å². The third kappa shape index (κ3) is 9.58. The molecule has 9 heteroatoms. The number of hydrogen-bond donors (Lipinski definition) is 5. The molecule has 0 fully saturated rings. The van der Waals surface area contributed by atoms with E-state index in [1.54, 1.807) is 0 Å². The summed E-state index contributed by atoms with van der Waals surface area (Å²) in [4.78, 5) is 19.3. The van der Waals surface area contributed by atoms with Gasteiger partial charge in [-0.25, -0.2) is 0 Å². The highest BCUT2D eigenvalue weighted by atomic mass is 35.5. The van der Waals surface area contributed by atoms with Crippen molar-refractivity contribution in [3.63, 3.8) is 0 Å². The van der Waals surface area contributed by atoms with Gasteiger partial charge in [0.25, 0.3) is 0 Å². The molecule has 0 saturated carbocycles. The van der Waals surface area contributed by atoms with E-state index in [4.69, 9.17) is 21.8 Å². The fourth-order valence-electron chi connectivity index (χ4n) is 3.76. The molecule has 35 heavy (non-hydrogen) atoms. The predicted octanol–water partition coefficient (Wildman–Crippen LogP) is 4.80. The molecule has 0 atom stereocenters. The first-order valence-electron chi connectivity index (χ1n) is 11.7. The van der Waals surface area contributed by atoms with Gasteiger partial charge in [0, 0.05) is 6.54 Å². The number of carbonyl (C=O) groups is 2. The van der Waals surface area contributed by atoms with E-state index in [-0.39, 0.29) is 12.8 Å². The normalized spacial score (nSPS) is 13.3. The number of benzene rings is 2. The second-order valence-electron chi connectivity index (χ2n) is 8.79. The van der Waals surface area contributed by atoms with Crippen LogP contribution in [0.5, 0.6) is 0 Å². The SMILES string of the molecule is CC(C)C/C(=N/O)c1ccc(CNc2c(Cl)ccc3c2CCNCC3)cc1.O=C(O)CCC(=O)O. The molecular weight excluding hydrogens is 470 g/mol. The van der Waals surface area contributed by atoms with Gasteiger partial charge in [0.1, 0.15) is 0 Å². The molecule has 0 spiro atoms. The second-order valence-corrected chi connectivity index (χ2v) is 9.20. The molecule has 190 valence electrons. The van der Waals surface area contributed by atoms with Gasteiger partial charge in [-0.3, -0.25) is 9.59 Å². The van der Waals surface area contributed by atoms with Gasteiger partial charge < -0.3 is 26.1 Å². The van der Waals surface area contributed by atoms with E-state index in [0.29, 0.717) is 12.5 Å². The molecule has 2 aromatic rings. The number of nitrogens with one attached hydrogen (secondary N) is 2. The maximum absolute atomic E-state index is 9.64. The van der Waals surface area contributed by atoms with Gasteiger partial charge in [0.2, 0.25) is 0 Å². The number of nitrogens with zero attached hydrogens (tertiary/aromatic N) is 1. The number of carboxylic acid groups (broad SMARTS) is 2. The maximum Gasteiger partial charge on any atom is 0.303 e. The van der Waals surface area contributed by atoms with Crippen molar-refractivity contribution in [1.82, 2.24) is 5.32 Å². The largest absolute Gasteiger partial charge is 0.481 e. The first-order valence-corrected chi connectivity index (χ1v) is 12.1. The maximum atomic E-state index is 9.64. The number of rotatable bonds is 9. The van der Waals surface area contributed by atoms with Crippen molar-refractivity contribution in [1.29, 1.82) is 0 Å². The van der Waals surface area contributed by atoms with Gasteiger partial charge >= 0.3 is 11.9 Å². The fraction of sp³-hybridized carbons (Fsp3) is 0.423. The summed E-state index contributed by atoms with van der Waals surface area (Å²) < 4.78 is 0.